The molecule has 1 aliphatic rings. The average molecular weight is 401 g/mol. The zero-order valence-electron chi connectivity index (χ0n) is 14.1. The minimum absolute atomic E-state index is 0.0686. The van der Waals surface area contributed by atoms with Crippen LogP contribution in [0.2, 0.25) is 5.02 Å². The monoisotopic (exact) mass is 400 g/mol. The van der Waals surface area contributed by atoms with E-state index in [9.17, 15) is 19.2 Å². The van der Waals surface area contributed by atoms with Crippen molar-refractivity contribution in [1.29, 1.82) is 0 Å². The van der Waals surface area contributed by atoms with Gasteiger partial charge in [0.25, 0.3) is 11.1 Å². The third-order valence-electron chi connectivity index (χ3n) is 3.51. The Morgan fingerprint density at radius 2 is 2.12 bits per heavy atom. The zero-order chi connectivity index (χ0) is 19.3. The Hall–Kier alpha value is -2.26. The van der Waals surface area contributed by atoms with E-state index >= 15 is 0 Å². The lowest BCUT2D eigenvalue weighted by molar-refractivity contribution is -0.130. The van der Waals surface area contributed by atoms with Gasteiger partial charge in [0.2, 0.25) is 5.91 Å². The van der Waals surface area contributed by atoms with Crippen molar-refractivity contribution in [3.63, 3.8) is 0 Å². The molecule has 1 heterocycles. The molecule has 10 heteroatoms. The van der Waals surface area contributed by atoms with Gasteiger partial charge in [-0.1, -0.05) is 23.4 Å². The van der Waals surface area contributed by atoms with Crippen LogP contribution >= 0.6 is 23.4 Å². The fourth-order valence-corrected chi connectivity index (χ4v) is 3.07. The van der Waals surface area contributed by atoms with E-state index in [-0.39, 0.29) is 41.3 Å². The molecule has 1 N–H and O–H groups in total. The Bertz CT molecular complexity index is 725. The van der Waals surface area contributed by atoms with Crippen LogP contribution in [0.15, 0.2) is 18.2 Å². The molecule has 1 aromatic rings. The predicted octanol–water partition coefficient (Wildman–Crippen LogP) is 1.71. The maximum Gasteiger partial charge on any atom is 0.342 e. The van der Waals surface area contributed by atoms with Crippen LogP contribution in [0.25, 0.3) is 0 Å². The lowest BCUT2D eigenvalue weighted by atomic mass is 10.2. The van der Waals surface area contributed by atoms with Gasteiger partial charge in [0, 0.05) is 18.1 Å². The molecular formula is C16H17ClN2O6S. The summed E-state index contributed by atoms with van der Waals surface area (Å²) in [6.45, 7) is 1.55. The number of hydrogen-bond acceptors (Lipinski definition) is 7. The Labute approximate surface area is 159 Å². The van der Waals surface area contributed by atoms with Crippen LogP contribution in [0.1, 0.15) is 17.3 Å². The standard InChI is InChI=1S/C16H17ClN2O6S/c1-9(14(21)18-5-6-19-13(20)8-26-16(19)23)25-15(22)11-7-10(17)3-4-12(11)24-2/h3-4,7,9H,5-6,8H2,1-2H3,(H,18,21)/t9-/m0/s1. The minimum Gasteiger partial charge on any atom is -0.496 e. The molecular weight excluding hydrogens is 384 g/mol. The zero-order valence-corrected chi connectivity index (χ0v) is 15.7. The van der Waals surface area contributed by atoms with Crippen LogP contribution in [0.4, 0.5) is 4.79 Å². The molecule has 8 nitrogen and oxygen atoms in total. The van der Waals surface area contributed by atoms with Crippen LogP contribution in [-0.4, -0.2) is 60.0 Å². The summed E-state index contributed by atoms with van der Waals surface area (Å²) in [6, 6.07) is 4.47. The summed E-state index contributed by atoms with van der Waals surface area (Å²) in [5.74, 6) is -1.21. The molecule has 1 fully saturated rings. The lowest BCUT2D eigenvalue weighted by Gasteiger charge is -2.16. The molecule has 1 saturated heterocycles. The molecule has 0 radical (unpaired) electrons. The average Bonchev–Trinajstić information content (AvgIpc) is 2.93. The van der Waals surface area contributed by atoms with Crippen LogP contribution < -0.4 is 10.1 Å². The molecule has 1 aromatic carbocycles. The van der Waals surface area contributed by atoms with E-state index in [2.05, 4.69) is 5.32 Å². The largest absolute Gasteiger partial charge is 0.496 e. The molecule has 0 aliphatic carbocycles. The number of carbonyl (C=O) groups is 4. The molecule has 0 bridgehead atoms. The highest BCUT2D eigenvalue weighted by Crippen LogP contribution is 2.23. The molecule has 0 spiro atoms. The maximum absolute atomic E-state index is 12.2. The number of ether oxygens (including phenoxy) is 2. The van der Waals surface area contributed by atoms with Crippen LogP contribution in [-0.2, 0) is 14.3 Å². The van der Waals surface area contributed by atoms with Gasteiger partial charge in [-0.25, -0.2) is 4.79 Å². The van der Waals surface area contributed by atoms with Gasteiger partial charge in [-0.2, -0.15) is 0 Å². The summed E-state index contributed by atoms with van der Waals surface area (Å²) in [4.78, 5) is 48.2. The summed E-state index contributed by atoms with van der Waals surface area (Å²) in [5, 5.41) is 2.51. The normalized spacial score (nSPS) is 15.0. The van der Waals surface area contributed by atoms with Gasteiger partial charge in [-0.3, -0.25) is 19.3 Å². The van der Waals surface area contributed by atoms with Crippen molar-refractivity contribution in [1.82, 2.24) is 10.2 Å². The SMILES string of the molecule is COc1ccc(Cl)cc1C(=O)O[C@@H](C)C(=O)NCCN1C(=O)CSC1=O. The minimum atomic E-state index is -1.08. The van der Waals surface area contributed by atoms with E-state index in [1.165, 1.54) is 26.2 Å². The van der Waals surface area contributed by atoms with Crippen LogP contribution in [0.3, 0.4) is 0 Å². The molecule has 0 unspecified atom stereocenters. The lowest BCUT2D eigenvalue weighted by Crippen LogP contribution is -2.41. The van der Waals surface area contributed by atoms with E-state index in [1.54, 1.807) is 6.07 Å². The first kappa shape index (κ1) is 20.1. The summed E-state index contributed by atoms with van der Waals surface area (Å²) in [5.41, 5.74) is 0.102. The number of hydrogen-bond donors (Lipinski definition) is 1. The fourth-order valence-electron chi connectivity index (χ4n) is 2.15. The first-order valence-electron chi connectivity index (χ1n) is 7.63. The van der Waals surface area contributed by atoms with E-state index in [4.69, 9.17) is 21.1 Å². The highest BCUT2D eigenvalue weighted by Gasteiger charge is 2.29. The third kappa shape index (κ3) is 4.89. The van der Waals surface area contributed by atoms with Gasteiger partial charge < -0.3 is 14.8 Å². The third-order valence-corrected chi connectivity index (χ3v) is 4.60. The van der Waals surface area contributed by atoms with Gasteiger partial charge in [0.1, 0.15) is 11.3 Å². The molecule has 1 atom stereocenters. The first-order chi connectivity index (χ1) is 12.3. The maximum atomic E-state index is 12.2. The number of benzene rings is 1. The second-order valence-electron chi connectivity index (χ2n) is 5.28. The number of nitrogens with zero attached hydrogens (tertiary/aromatic N) is 1. The van der Waals surface area contributed by atoms with Crippen LogP contribution in [0, 0.1) is 0 Å². The van der Waals surface area contributed by atoms with Gasteiger partial charge in [-0.05, 0) is 25.1 Å². The summed E-state index contributed by atoms with van der Waals surface area (Å²) >= 11 is 6.79. The van der Waals surface area contributed by atoms with Crippen molar-refractivity contribution >= 4 is 46.4 Å². The molecule has 140 valence electrons. The number of carbonyl (C=O) groups excluding carboxylic acids is 4. The van der Waals surface area contributed by atoms with Gasteiger partial charge in [0.05, 0.1) is 12.9 Å². The number of imide groups is 1. The molecule has 2 rings (SSSR count). The summed E-state index contributed by atoms with van der Waals surface area (Å²) < 4.78 is 10.2. The quantitative estimate of drug-likeness (QED) is 0.695. The number of nitrogens with one attached hydrogen (secondary N) is 1. The number of thioether (sulfide) groups is 1. The number of halogens is 1. The molecule has 3 amide bonds. The van der Waals surface area contributed by atoms with Crippen molar-refractivity contribution in [3.05, 3.63) is 28.8 Å². The molecule has 26 heavy (non-hydrogen) atoms. The smallest absolute Gasteiger partial charge is 0.342 e. The Morgan fingerprint density at radius 1 is 1.38 bits per heavy atom. The van der Waals surface area contributed by atoms with Crippen molar-refractivity contribution in [2.75, 3.05) is 26.0 Å². The van der Waals surface area contributed by atoms with E-state index in [0.717, 1.165) is 16.7 Å². The fraction of sp³-hybridized carbons (Fsp3) is 0.375. The topological polar surface area (TPSA) is 102 Å². The first-order valence-corrected chi connectivity index (χ1v) is 8.99. The van der Waals surface area contributed by atoms with Crippen molar-refractivity contribution < 1.29 is 28.7 Å². The highest BCUT2D eigenvalue weighted by molar-refractivity contribution is 8.14. The van der Waals surface area contributed by atoms with Gasteiger partial charge >= 0.3 is 5.97 Å². The number of methoxy groups -OCH3 is 1. The van der Waals surface area contributed by atoms with E-state index < -0.39 is 18.0 Å². The predicted molar refractivity (Wildman–Crippen MR) is 95.5 cm³/mol. The Morgan fingerprint density at radius 3 is 2.73 bits per heavy atom. The second kappa shape index (κ2) is 8.91. The number of rotatable bonds is 7. The van der Waals surface area contributed by atoms with Crippen molar-refractivity contribution in [2.24, 2.45) is 0 Å². The van der Waals surface area contributed by atoms with E-state index in [0.29, 0.717) is 5.02 Å². The van der Waals surface area contributed by atoms with Crippen LogP contribution in [0.5, 0.6) is 5.75 Å². The Balaban J connectivity index is 1.86. The highest BCUT2D eigenvalue weighted by atomic mass is 35.5. The van der Waals surface area contributed by atoms with Crippen molar-refractivity contribution in [3.8, 4) is 5.75 Å². The summed E-state index contributed by atoms with van der Waals surface area (Å²) in [7, 11) is 1.40. The van der Waals surface area contributed by atoms with Crippen molar-refractivity contribution in [2.45, 2.75) is 13.0 Å². The Kier molecular flexibility index (Phi) is 6.87. The molecule has 0 saturated carbocycles. The molecule has 1 aliphatic heterocycles. The van der Waals surface area contributed by atoms with E-state index in [1.807, 2.05) is 0 Å². The molecule has 0 aromatic heterocycles. The summed E-state index contributed by atoms with van der Waals surface area (Å²) in [6.07, 6.45) is -1.08. The van der Waals surface area contributed by atoms with Gasteiger partial charge in [-0.15, -0.1) is 0 Å². The number of amides is 3. The number of esters is 1. The second-order valence-corrected chi connectivity index (χ2v) is 6.65. The van der Waals surface area contributed by atoms with Gasteiger partial charge in [0.15, 0.2) is 6.10 Å².